The Kier molecular flexibility index (Phi) is 5.05. The van der Waals surface area contributed by atoms with Crippen LogP contribution in [0.1, 0.15) is 23.0 Å². The van der Waals surface area contributed by atoms with E-state index in [-0.39, 0.29) is 5.91 Å². The van der Waals surface area contributed by atoms with Crippen molar-refractivity contribution in [1.29, 1.82) is 0 Å². The van der Waals surface area contributed by atoms with Crippen LogP contribution < -0.4 is 10.1 Å². The number of ether oxygens (including phenoxy) is 1. The fraction of sp³-hybridized carbons (Fsp3) is 0.158. The molecule has 1 aromatic heterocycles. The molecule has 0 saturated carbocycles. The molecular formula is C19H18ClN3O2. The van der Waals surface area contributed by atoms with Crippen molar-refractivity contribution in [3.05, 3.63) is 71.0 Å². The van der Waals surface area contributed by atoms with Crippen LogP contribution in [0.2, 0.25) is 5.02 Å². The number of nitrogens with zero attached hydrogens (tertiary/aromatic N) is 2. The summed E-state index contributed by atoms with van der Waals surface area (Å²) in [6.45, 7) is 4.38. The lowest BCUT2D eigenvalue weighted by atomic mass is 10.2. The van der Waals surface area contributed by atoms with E-state index in [1.165, 1.54) is 0 Å². The maximum Gasteiger partial charge on any atom is 0.259 e. The van der Waals surface area contributed by atoms with Crippen LogP contribution >= 0.6 is 11.6 Å². The summed E-state index contributed by atoms with van der Waals surface area (Å²) in [5.74, 6) is 0.556. The first-order valence-electron chi connectivity index (χ1n) is 7.93. The lowest BCUT2D eigenvalue weighted by Gasteiger charge is -2.08. The van der Waals surface area contributed by atoms with Crippen LogP contribution in [0.25, 0.3) is 5.69 Å². The molecule has 128 valence electrons. The summed E-state index contributed by atoms with van der Waals surface area (Å²) < 4.78 is 7.09. The molecule has 0 saturated heterocycles. The zero-order valence-electron chi connectivity index (χ0n) is 14.0. The minimum Gasteiger partial charge on any atom is -0.494 e. The Balaban J connectivity index is 1.79. The Morgan fingerprint density at radius 3 is 2.68 bits per heavy atom. The number of hydrogen-bond acceptors (Lipinski definition) is 3. The van der Waals surface area contributed by atoms with Gasteiger partial charge >= 0.3 is 0 Å². The highest BCUT2D eigenvalue weighted by molar-refractivity contribution is 6.30. The van der Waals surface area contributed by atoms with Gasteiger partial charge in [0.1, 0.15) is 5.75 Å². The van der Waals surface area contributed by atoms with Gasteiger partial charge in [0.25, 0.3) is 5.91 Å². The van der Waals surface area contributed by atoms with Crippen LogP contribution in [-0.4, -0.2) is 22.3 Å². The van der Waals surface area contributed by atoms with Crippen LogP contribution in [-0.2, 0) is 0 Å². The zero-order chi connectivity index (χ0) is 17.8. The average Bonchev–Trinajstić information content (AvgIpc) is 2.98. The van der Waals surface area contributed by atoms with E-state index in [4.69, 9.17) is 16.3 Å². The van der Waals surface area contributed by atoms with Crippen LogP contribution in [0, 0.1) is 6.92 Å². The quantitative estimate of drug-likeness (QED) is 0.733. The van der Waals surface area contributed by atoms with Crippen molar-refractivity contribution in [2.24, 2.45) is 0 Å². The molecule has 25 heavy (non-hydrogen) atoms. The maximum absolute atomic E-state index is 12.5. The molecule has 0 atom stereocenters. The number of anilines is 1. The second kappa shape index (κ2) is 7.40. The molecule has 6 heteroatoms. The van der Waals surface area contributed by atoms with E-state index in [0.29, 0.717) is 22.9 Å². The van der Waals surface area contributed by atoms with Gasteiger partial charge in [0.2, 0.25) is 0 Å². The Labute approximate surface area is 151 Å². The number of benzene rings is 2. The maximum atomic E-state index is 12.5. The lowest BCUT2D eigenvalue weighted by Crippen LogP contribution is -2.13. The summed E-state index contributed by atoms with van der Waals surface area (Å²) in [6, 6.07) is 14.6. The van der Waals surface area contributed by atoms with Gasteiger partial charge in [-0.25, -0.2) is 4.68 Å². The van der Waals surface area contributed by atoms with Gasteiger partial charge in [-0.05, 0) is 56.3 Å². The molecule has 1 N–H and O–H groups in total. The largest absolute Gasteiger partial charge is 0.494 e. The molecule has 1 heterocycles. The number of carbonyl (C=O) groups is 1. The molecule has 3 aromatic rings. The second-order valence-corrected chi connectivity index (χ2v) is 5.88. The molecule has 0 aliphatic heterocycles. The van der Waals surface area contributed by atoms with Crippen molar-refractivity contribution in [2.45, 2.75) is 13.8 Å². The van der Waals surface area contributed by atoms with E-state index >= 15 is 0 Å². The van der Waals surface area contributed by atoms with E-state index in [9.17, 15) is 4.79 Å². The van der Waals surface area contributed by atoms with Gasteiger partial charge in [-0.2, -0.15) is 5.10 Å². The first-order chi connectivity index (χ1) is 12.1. The SMILES string of the molecule is CCOc1ccc(NC(=O)c2cnn(-c3cccc(Cl)c3)c2C)cc1. The molecule has 3 rings (SSSR count). The molecule has 2 aromatic carbocycles. The molecule has 5 nitrogen and oxygen atoms in total. The van der Waals surface area contributed by atoms with Crippen LogP contribution in [0.15, 0.2) is 54.7 Å². The van der Waals surface area contributed by atoms with Gasteiger partial charge in [-0.3, -0.25) is 4.79 Å². The van der Waals surface area contributed by atoms with Crippen molar-refractivity contribution in [3.8, 4) is 11.4 Å². The van der Waals surface area contributed by atoms with Crippen molar-refractivity contribution < 1.29 is 9.53 Å². The fourth-order valence-electron chi connectivity index (χ4n) is 2.50. The Morgan fingerprint density at radius 1 is 1.24 bits per heavy atom. The molecular weight excluding hydrogens is 338 g/mol. The van der Waals surface area contributed by atoms with E-state index in [2.05, 4.69) is 10.4 Å². The third-order valence-corrected chi connectivity index (χ3v) is 3.97. The number of rotatable bonds is 5. The standard InChI is InChI=1S/C19H18ClN3O2/c1-3-25-17-9-7-15(8-10-17)22-19(24)18-12-21-23(13(18)2)16-6-4-5-14(20)11-16/h4-12H,3H2,1-2H3,(H,22,24). The number of amides is 1. The Morgan fingerprint density at radius 2 is 2.00 bits per heavy atom. The lowest BCUT2D eigenvalue weighted by molar-refractivity contribution is 0.102. The van der Waals surface area contributed by atoms with Gasteiger partial charge in [0.15, 0.2) is 0 Å². The summed E-state index contributed by atoms with van der Waals surface area (Å²) in [7, 11) is 0. The third kappa shape index (κ3) is 3.83. The van der Waals surface area contributed by atoms with Gasteiger partial charge < -0.3 is 10.1 Å². The summed E-state index contributed by atoms with van der Waals surface area (Å²) in [4.78, 5) is 12.5. The minimum absolute atomic E-state index is 0.213. The fourth-order valence-corrected chi connectivity index (χ4v) is 2.68. The predicted octanol–water partition coefficient (Wildman–Crippen LogP) is 4.49. The summed E-state index contributed by atoms with van der Waals surface area (Å²) in [5, 5.41) is 7.79. The minimum atomic E-state index is -0.213. The average molecular weight is 356 g/mol. The van der Waals surface area contributed by atoms with E-state index in [1.54, 1.807) is 35.1 Å². The molecule has 0 aliphatic rings. The highest BCUT2D eigenvalue weighted by Gasteiger charge is 2.15. The Bertz CT molecular complexity index is 888. The monoisotopic (exact) mass is 355 g/mol. The van der Waals surface area contributed by atoms with Crippen LogP contribution in [0.5, 0.6) is 5.75 Å². The zero-order valence-corrected chi connectivity index (χ0v) is 14.7. The molecule has 0 radical (unpaired) electrons. The van der Waals surface area contributed by atoms with Crippen LogP contribution in [0.4, 0.5) is 5.69 Å². The van der Waals surface area contributed by atoms with Gasteiger partial charge in [-0.15, -0.1) is 0 Å². The topological polar surface area (TPSA) is 56.1 Å². The van der Waals surface area contributed by atoms with Gasteiger partial charge in [0, 0.05) is 10.7 Å². The molecule has 0 spiro atoms. The Hall–Kier alpha value is -2.79. The highest BCUT2D eigenvalue weighted by atomic mass is 35.5. The summed E-state index contributed by atoms with van der Waals surface area (Å²) >= 11 is 6.03. The van der Waals surface area contributed by atoms with Gasteiger partial charge in [-0.1, -0.05) is 17.7 Å². The number of nitrogens with one attached hydrogen (secondary N) is 1. The van der Waals surface area contributed by atoms with Crippen molar-refractivity contribution >= 4 is 23.2 Å². The number of hydrogen-bond donors (Lipinski definition) is 1. The predicted molar refractivity (Wildman–Crippen MR) is 98.9 cm³/mol. The van der Waals surface area contributed by atoms with E-state index in [0.717, 1.165) is 17.1 Å². The molecule has 0 fully saturated rings. The van der Waals surface area contributed by atoms with E-state index in [1.807, 2.05) is 38.1 Å². The van der Waals surface area contributed by atoms with E-state index < -0.39 is 0 Å². The first kappa shape index (κ1) is 17.0. The first-order valence-corrected chi connectivity index (χ1v) is 8.31. The normalized spacial score (nSPS) is 10.5. The van der Waals surface area contributed by atoms with Gasteiger partial charge in [0.05, 0.1) is 29.7 Å². The molecule has 1 amide bonds. The highest BCUT2D eigenvalue weighted by Crippen LogP contribution is 2.20. The molecule has 0 aliphatic carbocycles. The van der Waals surface area contributed by atoms with Crippen LogP contribution in [0.3, 0.4) is 0 Å². The number of halogens is 1. The molecule has 0 bridgehead atoms. The molecule has 0 unspecified atom stereocenters. The second-order valence-electron chi connectivity index (χ2n) is 5.45. The smallest absolute Gasteiger partial charge is 0.259 e. The van der Waals surface area contributed by atoms with Crippen molar-refractivity contribution in [2.75, 3.05) is 11.9 Å². The van der Waals surface area contributed by atoms with Crippen molar-refractivity contribution in [3.63, 3.8) is 0 Å². The number of carbonyl (C=O) groups excluding carboxylic acids is 1. The number of aromatic nitrogens is 2. The summed E-state index contributed by atoms with van der Waals surface area (Å²) in [6.07, 6.45) is 1.56. The third-order valence-electron chi connectivity index (χ3n) is 3.73. The summed E-state index contributed by atoms with van der Waals surface area (Å²) in [5.41, 5.74) is 2.76. The van der Waals surface area contributed by atoms with Crippen molar-refractivity contribution in [1.82, 2.24) is 9.78 Å².